The Morgan fingerprint density at radius 1 is 0.912 bits per heavy atom. The van der Waals surface area contributed by atoms with Gasteiger partial charge in [-0.2, -0.15) is 0 Å². The van der Waals surface area contributed by atoms with Crippen molar-refractivity contribution < 1.29 is 14.3 Å². The first-order valence-corrected chi connectivity index (χ1v) is 11.6. The average Bonchev–Trinajstić information content (AvgIpc) is 3.40. The van der Waals surface area contributed by atoms with E-state index in [-0.39, 0.29) is 24.4 Å². The summed E-state index contributed by atoms with van der Waals surface area (Å²) in [6.07, 6.45) is 0. The minimum atomic E-state index is -0.361. The van der Waals surface area contributed by atoms with Gasteiger partial charge in [0.15, 0.2) is 0 Å². The summed E-state index contributed by atoms with van der Waals surface area (Å²) in [5.41, 5.74) is 5.64. The highest BCUT2D eigenvalue weighted by atomic mass is 16.5. The molecular formula is C28H25N3O3. The zero-order valence-corrected chi connectivity index (χ0v) is 18.7. The van der Waals surface area contributed by atoms with Crippen LogP contribution in [0.25, 0.3) is 22.2 Å². The summed E-state index contributed by atoms with van der Waals surface area (Å²) in [5, 5.41) is 1.06. The Labute approximate surface area is 197 Å². The van der Waals surface area contributed by atoms with E-state index in [0.717, 1.165) is 33.3 Å². The van der Waals surface area contributed by atoms with Crippen LogP contribution in [-0.2, 0) is 9.53 Å². The van der Waals surface area contributed by atoms with E-state index in [2.05, 4.69) is 29.2 Å². The second kappa shape index (κ2) is 8.47. The number of amides is 2. The summed E-state index contributed by atoms with van der Waals surface area (Å²) in [5.74, 6) is -0.151. The minimum Gasteiger partial charge on any atom is -0.378 e. The molecule has 2 amide bonds. The first-order valence-electron chi connectivity index (χ1n) is 11.6. The van der Waals surface area contributed by atoms with Crippen molar-refractivity contribution in [2.24, 2.45) is 0 Å². The van der Waals surface area contributed by atoms with Crippen LogP contribution in [0.4, 0.5) is 0 Å². The Bertz CT molecular complexity index is 1370. The number of nitrogens with one attached hydrogen (secondary N) is 1. The van der Waals surface area contributed by atoms with Crippen molar-refractivity contribution in [3.8, 4) is 11.3 Å². The van der Waals surface area contributed by atoms with Gasteiger partial charge in [0.25, 0.3) is 5.91 Å². The van der Waals surface area contributed by atoms with E-state index in [1.807, 2.05) is 54.6 Å². The van der Waals surface area contributed by atoms with Gasteiger partial charge in [0.05, 0.1) is 24.9 Å². The van der Waals surface area contributed by atoms with Crippen molar-refractivity contribution in [3.05, 3.63) is 95.6 Å². The normalized spacial score (nSPS) is 17.9. The maximum atomic E-state index is 13.6. The van der Waals surface area contributed by atoms with Gasteiger partial charge in [0, 0.05) is 35.1 Å². The second-order valence-electron chi connectivity index (χ2n) is 8.74. The number of para-hydroxylation sites is 1. The third-order valence-electron chi connectivity index (χ3n) is 6.81. The van der Waals surface area contributed by atoms with E-state index in [1.54, 1.807) is 9.80 Å². The molecule has 0 spiro atoms. The molecule has 6 rings (SSSR count). The smallest absolute Gasteiger partial charge is 0.255 e. The summed E-state index contributed by atoms with van der Waals surface area (Å²) >= 11 is 0. The molecule has 1 saturated heterocycles. The van der Waals surface area contributed by atoms with Gasteiger partial charge >= 0.3 is 0 Å². The van der Waals surface area contributed by atoms with E-state index in [9.17, 15) is 9.59 Å². The van der Waals surface area contributed by atoms with Gasteiger partial charge in [-0.05, 0) is 23.3 Å². The van der Waals surface area contributed by atoms with Crippen LogP contribution in [0, 0.1) is 0 Å². The van der Waals surface area contributed by atoms with E-state index in [1.165, 1.54) is 0 Å². The molecule has 34 heavy (non-hydrogen) atoms. The molecule has 3 heterocycles. The first-order chi connectivity index (χ1) is 16.7. The molecule has 1 atom stereocenters. The molecule has 3 aromatic carbocycles. The van der Waals surface area contributed by atoms with Crippen LogP contribution in [0.1, 0.15) is 27.5 Å². The fourth-order valence-electron chi connectivity index (χ4n) is 5.18. The maximum absolute atomic E-state index is 13.6. The van der Waals surface area contributed by atoms with Crippen molar-refractivity contribution >= 4 is 22.7 Å². The molecule has 4 aromatic rings. The molecule has 1 N–H and O–H groups in total. The monoisotopic (exact) mass is 451 g/mol. The standard InChI is InChI=1S/C28H25N3O3/c32-24(30-14-16-34-17-15-30)18-31-27(20-10-4-5-11-21(20)28(31)33)25-22-12-6-7-13-23(22)29-26(25)19-8-2-1-3-9-19/h1-13,27,29H,14-18H2/t27-/m1/s1. The molecule has 0 bridgehead atoms. The summed E-state index contributed by atoms with van der Waals surface area (Å²) in [4.78, 5) is 34.0. The first kappa shape index (κ1) is 20.7. The lowest BCUT2D eigenvalue weighted by molar-refractivity contribution is -0.136. The Morgan fingerprint density at radius 2 is 1.62 bits per heavy atom. The number of hydrogen-bond acceptors (Lipinski definition) is 3. The number of H-pyrrole nitrogens is 1. The predicted octanol–water partition coefficient (Wildman–Crippen LogP) is 4.24. The molecule has 0 radical (unpaired) electrons. The average molecular weight is 452 g/mol. The number of carbonyl (C=O) groups is 2. The molecule has 2 aliphatic heterocycles. The lowest BCUT2D eigenvalue weighted by Gasteiger charge is -2.31. The molecule has 0 saturated carbocycles. The Hall–Kier alpha value is -3.90. The van der Waals surface area contributed by atoms with Crippen LogP contribution in [0.2, 0.25) is 0 Å². The minimum absolute atomic E-state index is 0.0336. The molecule has 0 unspecified atom stereocenters. The number of rotatable bonds is 4. The highest BCUT2D eigenvalue weighted by Crippen LogP contribution is 2.45. The number of morpholine rings is 1. The number of aromatic amines is 1. The quantitative estimate of drug-likeness (QED) is 0.505. The Kier molecular flexibility index (Phi) is 5.15. The number of ether oxygens (including phenoxy) is 1. The van der Waals surface area contributed by atoms with Gasteiger partial charge in [-0.15, -0.1) is 0 Å². The zero-order valence-electron chi connectivity index (χ0n) is 18.7. The van der Waals surface area contributed by atoms with E-state index in [4.69, 9.17) is 4.74 Å². The number of nitrogens with zero attached hydrogens (tertiary/aromatic N) is 2. The van der Waals surface area contributed by atoms with Crippen molar-refractivity contribution in [1.82, 2.24) is 14.8 Å². The van der Waals surface area contributed by atoms with Crippen LogP contribution in [0.3, 0.4) is 0 Å². The molecule has 1 aromatic heterocycles. The largest absolute Gasteiger partial charge is 0.378 e. The Balaban J connectivity index is 1.51. The van der Waals surface area contributed by atoms with E-state index in [0.29, 0.717) is 31.9 Å². The van der Waals surface area contributed by atoms with Crippen LogP contribution in [-0.4, -0.2) is 59.4 Å². The van der Waals surface area contributed by atoms with Gasteiger partial charge in [0.2, 0.25) is 5.91 Å². The molecule has 2 aliphatic rings. The summed E-state index contributed by atoms with van der Waals surface area (Å²) in [6, 6.07) is 25.7. The number of fused-ring (bicyclic) bond motifs is 2. The van der Waals surface area contributed by atoms with Gasteiger partial charge in [0.1, 0.15) is 6.54 Å². The summed E-state index contributed by atoms with van der Waals surface area (Å²) < 4.78 is 5.41. The summed E-state index contributed by atoms with van der Waals surface area (Å²) in [6.45, 7) is 2.21. The predicted molar refractivity (Wildman–Crippen MR) is 130 cm³/mol. The molecular weight excluding hydrogens is 426 g/mol. The molecule has 6 nitrogen and oxygen atoms in total. The molecule has 1 fully saturated rings. The van der Waals surface area contributed by atoms with Gasteiger partial charge in [-0.1, -0.05) is 66.7 Å². The van der Waals surface area contributed by atoms with Crippen LogP contribution >= 0.6 is 0 Å². The maximum Gasteiger partial charge on any atom is 0.255 e. The lowest BCUT2D eigenvalue weighted by atomic mass is 9.93. The van der Waals surface area contributed by atoms with Crippen LogP contribution < -0.4 is 0 Å². The van der Waals surface area contributed by atoms with Gasteiger partial charge in [-0.3, -0.25) is 9.59 Å². The van der Waals surface area contributed by atoms with Gasteiger partial charge in [-0.25, -0.2) is 0 Å². The fourth-order valence-corrected chi connectivity index (χ4v) is 5.18. The highest BCUT2D eigenvalue weighted by Gasteiger charge is 2.41. The second-order valence-corrected chi connectivity index (χ2v) is 8.74. The third-order valence-corrected chi connectivity index (χ3v) is 6.81. The molecule has 170 valence electrons. The highest BCUT2D eigenvalue weighted by molar-refractivity contribution is 6.03. The van der Waals surface area contributed by atoms with Crippen molar-refractivity contribution in [2.45, 2.75) is 6.04 Å². The van der Waals surface area contributed by atoms with Crippen LogP contribution in [0.15, 0.2) is 78.9 Å². The van der Waals surface area contributed by atoms with Crippen molar-refractivity contribution in [2.75, 3.05) is 32.8 Å². The van der Waals surface area contributed by atoms with Crippen molar-refractivity contribution in [1.29, 1.82) is 0 Å². The Morgan fingerprint density at radius 3 is 2.44 bits per heavy atom. The molecule has 0 aliphatic carbocycles. The number of aromatic nitrogens is 1. The SMILES string of the molecule is O=C(CN1C(=O)c2ccccc2[C@@H]1c1c(-c2ccccc2)[nH]c2ccccc12)N1CCOCC1. The van der Waals surface area contributed by atoms with E-state index < -0.39 is 0 Å². The fraction of sp³-hybridized carbons (Fsp3) is 0.214. The summed E-state index contributed by atoms with van der Waals surface area (Å²) in [7, 11) is 0. The topological polar surface area (TPSA) is 65.6 Å². The molecule has 6 heteroatoms. The number of carbonyl (C=O) groups excluding carboxylic acids is 2. The number of hydrogen-bond donors (Lipinski definition) is 1. The number of benzene rings is 3. The van der Waals surface area contributed by atoms with Gasteiger partial charge < -0.3 is 19.5 Å². The van der Waals surface area contributed by atoms with Crippen LogP contribution in [0.5, 0.6) is 0 Å². The lowest BCUT2D eigenvalue weighted by Crippen LogP contribution is -2.46. The zero-order chi connectivity index (χ0) is 23.1. The van der Waals surface area contributed by atoms with E-state index >= 15 is 0 Å². The third kappa shape index (κ3) is 3.38. The van der Waals surface area contributed by atoms with Crippen molar-refractivity contribution in [3.63, 3.8) is 0 Å².